The Morgan fingerprint density at radius 2 is 1.84 bits per heavy atom. The number of hydrogen-bond donors (Lipinski definition) is 0. The fourth-order valence-corrected chi connectivity index (χ4v) is 6.14. The van der Waals surface area contributed by atoms with Crippen LogP contribution in [0.2, 0.25) is 0 Å². The summed E-state index contributed by atoms with van der Waals surface area (Å²) in [6.07, 6.45) is 7.71. The summed E-state index contributed by atoms with van der Waals surface area (Å²) in [6.45, 7) is 1.45. The van der Waals surface area contributed by atoms with Crippen LogP contribution in [-0.2, 0) is 14.2 Å². The number of hydrogen-bond acceptors (Lipinski definition) is 4. The minimum atomic E-state index is -0.337. The third-order valence-electron chi connectivity index (χ3n) is 7.26. The van der Waals surface area contributed by atoms with E-state index >= 15 is 0 Å². The number of benzene rings is 1. The molecule has 134 valence electrons. The highest BCUT2D eigenvalue weighted by Gasteiger charge is 2.64. The zero-order chi connectivity index (χ0) is 16.9. The van der Waals surface area contributed by atoms with Gasteiger partial charge in [0.05, 0.1) is 18.8 Å². The first-order valence-electron chi connectivity index (χ1n) is 9.76. The van der Waals surface area contributed by atoms with Crippen LogP contribution in [0.3, 0.4) is 0 Å². The molecule has 0 amide bonds. The number of esters is 1. The predicted octanol–water partition coefficient (Wildman–Crippen LogP) is 3.95. The molecule has 0 aromatic heterocycles. The Balaban J connectivity index is 1.38. The molecule has 0 radical (unpaired) electrons. The molecule has 1 aromatic carbocycles. The first-order valence-corrected chi connectivity index (χ1v) is 9.76. The fraction of sp³-hybridized carbons (Fsp3) is 0.667. The highest BCUT2D eigenvalue weighted by molar-refractivity contribution is 5.89. The summed E-state index contributed by atoms with van der Waals surface area (Å²) in [5, 5.41) is 0. The summed E-state index contributed by atoms with van der Waals surface area (Å²) in [7, 11) is 0. The molecular weight excluding hydrogens is 316 g/mol. The summed E-state index contributed by atoms with van der Waals surface area (Å²) >= 11 is 0. The van der Waals surface area contributed by atoms with Gasteiger partial charge in [0.25, 0.3) is 0 Å². The molecule has 1 heterocycles. The van der Waals surface area contributed by atoms with E-state index in [1.165, 1.54) is 12.8 Å². The molecule has 4 aliphatic rings. The smallest absolute Gasteiger partial charge is 0.338 e. The van der Waals surface area contributed by atoms with Gasteiger partial charge in [-0.25, -0.2) is 4.79 Å². The van der Waals surface area contributed by atoms with E-state index < -0.39 is 0 Å². The molecule has 5 rings (SSSR count). The Kier molecular flexibility index (Phi) is 3.68. The van der Waals surface area contributed by atoms with Gasteiger partial charge < -0.3 is 14.2 Å². The first kappa shape index (κ1) is 15.8. The van der Waals surface area contributed by atoms with E-state index in [9.17, 15) is 4.79 Å². The highest BCUT2D eigenvalue weighted by atomic mass is 16.7. The van der Waals surface area contributed by atoms with Crippen molar-refractivity contribution in [3.63, 3.8) is 0 Å². The van der Waals surface area contributed by atoms with Crippen LogP contribution in [0.4, 0.5) is 0 Å². The minimum Gasteiger partial charge on any atom is -0.458 e. The molecule has 2 spiro atoms. The average Bonchev–Trinajstić information content (AvgIpc) is 3.24. The fourth-order valence-electron chi connectivity index (χ4n) is 6.14. The van der Waals surface area contributed by atoms with E-state index in [0.717, 1.165) is 45.3 Å². The SMILES string of the molecule is O=C(O[C@@H]1CCC[C@H]2C[C@@H]3C[C@@]21CCC31OCCO1)c1ccccc1. The van der Waals surface area contributed by atoms with Gasteiger partial charge in [-0.05, 0) is 56.6 Å². The largest absolute Gasteiger partial charge is 0.458 e. The maximum Gasteiger partial charge on any atom is 0.338 e. The van der Waals surface area contributed by atoms with Gasteiger partial charge in [-0.15, -0.1) is 0 Å². The summed E-state index contributed by atoms with van der Waals surface area (Å²) in [5.74, 6) is 0.603. The van der Waals surface area contributed by atoms with Crippen LogP contribution in [0.15, 0.2) is 30.3 Å². The number of carbonyl (C=O) groups is 1. The molecular formula is C21H26O4. The lowest BCUT2D eigenvalue weighted by molar-refractivity contribution is -0.221. The van der Waals surface area contributed by atoms with Crippen LogP contribution in [0, 0.1) is 17.3 Å². The van der Waals surface area contributed by atoms with Crippen molar-refractivity contribution in [3.8, 4) is 0 Å². The van der Waals surface area contributed by atoms with Crippen LogP contribution in [0.5, 0.6) is 0 Å². The molecule has 1 aliphatic heterocycles. The van der Waals surface area contributed by atoms with Crippen molar-refractivity contribution < 1.29 is 19.0 Å². The number of ether oxygens (including phenoxy) is 3. The van der Waals surface area contributed by atoms with Gasteiger partial charge in [-0.1, -0.05) is 18.2 Å². The Morgan fingerprint density at radius 1 is 1.04 bits per heavy atom. The molecule has 25 heavy (non-hydrogen) atoms. The van der Waals surface area contributed by atoms with E-state index in [0.29, 0.717) is 17.4 Å². The van der Waals surface area contributed by atoms with Gasteiger partial charge in [-0.2, -0.15) is 0 Å². The second kappa shape index (κ2) is 5.82. The van der Waals surface area contributed by atoms with Gasteiger partial charge in [-0.3, -0.25) is 0 Å². The molecule has 3 saturated carbocycles. The van der Waals surface area contributed by atoms with Crippen LogP contribution < -0.4 is 0 Å². The van der Waals surface area contributed by atoms with Crippen LogP contribution in [0.25, 0.3) is 0 Å². The Bertz CT molecular complexity index is 651. The summed E-state index contributed by atoms with van der Waals surface area (Å²) < 4.78 is 18.2. The van der Waals surface area contributed by atoms with Gasteiger partial charge in [0, 0.05) is 17.8 Å². The van der Waals surface area contributed by atoms with E-state index in [1.807, 2.05) is 30.3 Å². The molecule has 2 bridgehead atoms. The zero-order valence-corrected chi connectivity index (χ0v) is 14.6. The molecule has 4 fully saturated rings. The number of rotatable bonds is 2. The van der Waals surface area contributed by atoms with E-state index in [4.69, 9.17) is 14.2 Å². The topological polar surface area (TPSA) is 44.8 Å². The Morgan fingerprint density at radius 3 is 2.64 bits per heavy atom. The van der Waals surface area contributed by atoms with Crippen LogP contribution in [-0.4, -0.2) is 31.1 Å². The zero-order valence-electron chi connectivity index (χ0n) is 14.6. The van der Waals surface area contributed by atoms with Crippen molar-refractivity contribution in [2.75, 3.05) is 13.2 Å². The van der Waals surface area contributed by atoms with Crippen molar-refractivity contribution in [2.45, 2.75) is 56.8 Å². The second-order valence-electron chi connectivity index (χ2n) is 8.27. The lowest BCUT2D eigenvalue weighted by atomic mass is 9.61. The van der Waals surface area contributed by atoms with Crippen molar-refractivity contribution >= 4 is 5.97 Å². The van der Waals surface area contributed by atoms with Crippen molar-refractivity contribution in [1.29, 1.82) is 0 Å². The van der Waals surface area contributed by atoms with Crippen LogP contribution >= 0.6 is 0 Å². The molecule has 4 heteroatoms. The van der Waals surface area contributed by atoms with Gasteiger partial charge in [0.1, 0.15) is 6.10 Å². The average molecular weight is 342 g/mol. The van der Waals surface area contributed by atoms with Gasteiger partial charge in [0.15, 0.2) is 5.79 Å². The minimum absolute atomic E-state index is 0.0442. The summed E-state index contributed by atoms with van der Waals surface area (Å²) in [5.41, 5.74) is 0.804. The molecule has 3 aliphatic carbocycles. The van der Waals surface area contributed by atoms with E-state index in [2.05, 4.69) is 0 Å². The number of carbonyl (C=O) groups excluding carboxylic acids is 1. The quantitative estimate of drug-likeness (QED) is 0.764. The lowest BCUT2D eigenvalue weighted by Gasteiger charge is -2.49. The molecule has 0 N–H and O–H groups in total. The standard InChI is InChI=1S/C21H26O4/c22-19(15-5-2-1-3-6-15)25-18-8-4-7-16-13-17-14-20(16,18)9-10-21(17)23-11-12-24-21/h1-3,5-6,16-18H,4,7-14H2/t16-,17+,18+,20-/m0/s1. The predicted molar refractivity (Wildman–Crippen MR) is 92.0 cm³/mol. The molecule has 1 aromatic rings. The van der Waals surface area contributed by atoms with Crippen LogP contribution in [0.1, 0.15) is 55.3 Å². The second-order valence-corrected chi connectivity index (χ2v) is 8.27. The highest BCUT2D eigenvalue weighted by Crippen LogP contribution is 2.65. The third kappa shape index (κ3) is 2.37. The van der Waals surface area contributed by atoms with Crippen molar-refractivity contribution in [3.05, 3.63) is 35.9 Å². The summed E-state index contributed by atoms with van der Waals surface area (Å²) in [4.78, 5) is 12.6. The maximum atomic E-state index is 12.6. The monoisotopic (exact) mass is 342 g/mol. The Hall–Kier alpha value is -1.39. The van der Waals surface area contributed by atoms with Gasteiger partial charge in [0.2, 0.25) is 0 Å². The molecule has 4 atom stereocenters. The maximum absolute atomic E-state index is 12.6. The molecule has 4 nitrogen and oxygen atoms in total. The normalized spacial score (nSPS) is 38.5. The summed E-state index contributed by atoms with van der Waals surface area (Å²) in [6, 6.07) is 9.39. The van der Waals surface area contributed by atoms with Gasteiger partial charge >= 0.3 is 5.97 Å². The van der Waals surface area contributed by atoms with E-state index in [1.54, 1.807) is 0 Å². The molecule has 1 saturated heterocycles. The molecule has 0 unspecified atom stereocenters. The first-order chi connectivity index (χ1) is 12.2. The number of fused-ring (bicyclic) bond motifs is 2. The van der Waals surface area contributed by atoms with E-state index in [-0.39, 0.29) is 23.3 Å². The van der Waals surface area contributed by atoms with Crippen molar-refractivity contribution in [1.82, 2.24) is 0 Å². The third-order valence-corrected chi connectivity index (χ3v) is 7.26. The lowest BCUT2D eigenvalue weighted by Crippen LogP contribution is -2.50. The Labute approximate surface area is 148 Å². The van der Waals surface area contributed by atoms with Crippen molar-refractivity contribution in [2.24, 2.45) is 17.3 Å².